The lowest BCUT2D eigenvalue weighted by atomic mass is 10.1. The molecule has 23 heavy (non-hydrogen) atoms. The van der Waals surface area contributed by atoms with E-state index in [1.54, 1.807) is 29.7 Å². The highest BCUT2D eigenvalue weighted by molar-refractivity contribution is 6.52. The lowest BCUT2D eigenvalue weighted by molar-refractivity contribution is -0.114. The molecule has 116 valence electrons. The first-order valence-corrected chi connectivity index (χ1v) is 7.08. The van der Waals surface area contributed by atoms with Gasteiger partial charge in [-0.25, -0.2) is 5.48 Å². The average molecular weight is 331 g/mol. The van der Waals surface area contributed by atoms with Crippen LogP contribution < -0.4 is 10.4 Å². The minimum absolute atomic E-state index is 0.131. The van der Waals surface area contributed by atoms with Crippen LogP contribution in [0.1, 0.15) is 26.3 Å². The van der Waals surface area contributed by atoms with E-state index in [4.69, 9.17) is 16.8 Å². The fourth-order valence-electron chi connectivity index (χ4n) is 2.49. The molecule has 2 amide bonds. The van der Waals surface area contributed by atoms with E-state index < -0.39 is 17.6 Å². The van der Waals surface area contributed by atoms with Crippen LogP contribution in [-0.4, -0.2) is 22.8 Å². The number of hydrogen-bond acceptors (Lipinski definition) is 4. The highest BCUT2D eigenvalue weighted by Crippen LogP contribution is 2.32. The van der Waals surface area contributed by atoms with E-state index in [-0.39, 0.29) is 17.7 Å². The number of hydroxylamine groups is 1. The van der Waals surface area contributed by atoms with E-state index in [1.807, 2.05) is 0 Å². The third kappa shape index (κ3) is 2.69. The first-order chi connectivity index (χ1) is 11.0. The van der Waals surface area contributed by atoms with E-state index in [0.29, 0.717) is 16.3 Å². The van der Waals surface area contributed by atoms with E-state index in [0.717, 1.165) is 0 Å². The van der Waals surface area contributed by atoms with Gasteiger partial charge in [0.2, 0.25) is 0 Å². The summed E-state index contributed by atoms with van der Waals surface area (Å²) in [6.07, 6.45) is 0. The lowest BCUT2D eigenvalue weighted by Crippen LogP contribution is -2.29. The number of nitrogens with one attached hydrogen (secondary N) is 1. The molecule has 0 unspecified atom stereocenters. The SMILES string of the molecule is O=C(NO)c1cccc(CN2C(=O)C(=O)c3cc(Cl)ccc32)c1. The molecule has 0 spiro atoms. The number of halogens is 1. The van der Waals surface area contributed by atoms with E-state index in [1.165, 1.54) is 23.1 Å². The Bertz CT molecular complexity index is 835. The van der Waals surface area contributed by atoms with Crippen molar-refractivity contribution in [3.63, 3.8) is 0 Å². The molecule has 6 nitrogen and oxygen atoms in total. The number of fused-ring (bicyclic) bond motifs is 1. The largest absolute Gasteiger partial charge is 0.300 e. The second-order valence-corrected chi connectivity index (χ2v) is 5.46. The Balaban J connectivity index is 1.94. The van der Waals surface area contributed by atoms with Gasteiger partial charge in [-0.2, -0.15) is 0 Å². The molecule has 1 aliphatic heterocycles. The standard InChI is InChI=1S/C16H11ClN2O4/c17-11-4-5-13-12(7-11)14(20)16(22)19(13)8-9-2-1-3-10(6-9)15(21)18-23/h1-7,23H,8H2,(H,18,21). The van der Waals surface area contributed by atoms with Crippen molar-refractivity contribution in [3.8, 4) is 0 Å². The van der Waals surface area contributed by atoms with Crippen molar-refractivity contribution < 1.29 is 19.6 Å². The molecule has 0 saturated carbocycles. The third-order valence-electron chi connectivity index (χ3n) is 3.56. The number of carbonyl (C=O) groups is 3. The van der Waals surface area contributed by atoms with Crippen LogP contribution in [-0.2, 0) is 11.3 Å². The Hall–Kier alpha value is -2.70. The van der Waals surface area contributed by atoms with Crippen LogP contribution in [0.4, 0.5) is 5.69 Å². The van der Waals surface area contributed by atoms with Gasteiger partial charge in [0.15, 0.2) is 0 Å². The van der Waals surface area contributed by atoms with Gasteiger partial charge in [0.05, 0.1) is 17.8 Å². The molecule has 2 aromatic carbocycles. The van der Waals surface area contributed by atoms with E-state index in [2.05, 4.69) is 0 Å². The van der Waals surface area contributed by atoms with Gasteiger partial charge in [0.1, 0.15) is 0 Å². The molecular weight excluding hydrogens is 320 g/mol. The molecule has 0 bridgehead atoms. The number of carbonyl (C=O) groups excluding carboxylic acids is 3. The minimum atomic E-state index is -0.650. The van der Waals surface area contributed by atoms with Crippen molar-refractivity contribution >= 4 is 34.9 Å². The summed E-state index contributed by atoms with van der Waals surface area (Å²) in [7, 11) is 0. The van der Waals surface area contributed by atoms with Crippen molar-refractivity contribution in [2.45, 2.75) is 6.54 Å². The molecule has 0 aromatic heterocycles. The van der Waals surface area contributed by atoms with E-state index in [9.17, 15) is 14.4 Å². The second-order valence-electron chi connectivity index (χ2n) is 5.02. The topological polar surface area (TPSA) is 86.7 Å². The summed E-state index contributed by atoms with van der Waals surface area (Å²) in [5.41, 5.74) is 3.21. The summed E-state index contributed by atoms with van der Waals surface area (Å²) in [4.78, 5) is 37.0. The molecule has 2 aromatic rings. The summed E-state index contributed by atoms with van der Waals surface area (Å²) >= 11 is 5.87. The van der Waals surface area contributed by atoms with Crippen LogP contribution in [0.5, 0.6) is 0 Å². The van der Waals surface area contributed by atoms with Gasteiger partial charge in [-0.05, 0) is 35.9 Å². The van der Waals surface area contributed by atoms with Crippen LogP contribution in [0.3, 0.4) is 0 Å². The smallest absolute Gasteiger partial charge is 0.299 e. The summed E-state index contributed by atoms with van der Waals surface area (Å²) < 4.78 is 0. The fraction of sp³-hybridized carbons (Fsp3) is 0.0625. The molecule has 1 aliphatic rings. The maximum atomic E-state index is 12.2. The van der Waals surface area contributed by atoms with Crippen LogP contribution in [0, 0.1) is 0 Å². The zero-order valence-corrected chi connectivity index (χ0v) is 12.5. The number of anilines is 1. The van der Waals surface area contributed by atoms with Gasteiger partial charge in [-0.15, -0.1) is 0 Å². The Morgan fingerprint density at radius 1 is 1.17 bits per heavy atom. The molecule has 3 rings (SSSR count). The highest BCUT2D eigenvalue weighted by Gasteiger charge is 2.35. The summed E-state index contributed by atoms with van der Waals surface area (Å²) in [5, 5.41) is 9.06. The molecule has 0 saturated heterocycles. The number of ketones is 1. The van der Waals surface area contributed by atoms with Gasteiger partial charge in [0.25, 0.3) is 17.6 Å². The van der Waals surface area contributed by atoms with Gasteiger partial charge < -0.3 is 4.90 Å². The predicted octanol–water partition coefficient (Wildman–Crippen LogP) is 2.19. The quantitative estimate of drug-likeness (QED) is 0.513. The van der Waals surface area contributed by atoms with Crippen molar-refractivity contribution in [3.05, 3.63) is 64.2 Å². The highest BCUT2D eigenvalue weighted by atomic mass is 35.5. The molecule has 0 atom stereocenters. The minimum Gasteiger partial charge on any atom is -0.300 e. The van der Waals surface area contributed by atoms with Crippen molar-refractivity contribution in [1.29, 1.82) is 0 Å². The molecule has 0 fully saturated rings. The zero-order valence-electron chi connectivity index (χ0n) is 11.7. The number of hydrogen-bond donors (Lipinski definition) is 2. The van der Waals surface area contributed by atoms with Crippen LogP contribution >= 0.6 is 11.6 Å². The third-order valence-corrected chi connectivity index (χ3v) is 3.80. The first kappa shape index (κ1) is 15.2. The Morgan fingerprint density at radius 2 is 1.96 bits per heavy atom. The van der Waals surface area contributed by atoms with Gasteiger partial charge >= 0.3 is 0 Å². The second kappa shape index (κ2) is 5.83. The Morgan fingerprint density at radius 3 is 2.70 bits per heavy atom. The summed E-state index contributed by atoms with van der Waals surface area (Å²) in [6.45, 7) is 0.131. The number of Topliss-reactive ketones (excluding diaryl/α,β-unsaturated/α-hetero) is 1. The number of rotatable bonds is 3. The Labute approximate surface area is 136 Å². The average Bonchev–Trinajstić information content (AvgIpc) is 2.79. The van der Waals surface area contributed by atoms with Crippen molar-refractivity contribution in [2.75, 3.05) is 4.90 Å². The van der Waals surface area contributed by atoms with Gasteiger partial charge in [-0.3, -0.25) is 19.6 Å². The normalized spacial score (nSPS) is 13.2. The zero-order chi connectivity index (χ0) is 16.6. The fourth-order valence-corrected chi connectivity index (χ4v) is 2.66. The molecule has 0 aliphatic carbocycles. The first-order valence-electron chi connectivity index (χ1n) is 6.70. The molecule has 0 radical (unpaired) electrons. The molecule has 2 N–H and O–H groups in total. The van der Waals surface area contributed by atoms with Gasteiger partial charge in [0, 0.05) is 10.6 Å². The monoisotopic (exact) mass is 330 g/mol. The number of benzene rings is 2. The maximum Gasteiger partial charge on any atom is 0.299 e. The maximum absolute atomic E-state index is 12.2. The van der Waals surface area contributed by atoms with E-state index >= 15 is 0 Å². The van der Waals surface area contributed by atoms with Crippen LogP contribution in [0.2, 0.25) is 5.02 Å². The number of nitrogens with zero attached hydrogens (tertiary/aromatic N) is 1. The van der Waals surface area contributed by atoms with Crippen LogP contribution in [0.15, 0.2) is 42.5 Å². The number of amides is 2. The Kier molecular flexibility index (Phi) is 3.85. The van der Waals surface area contributed by atoms with Crippen molar-refractivity contribution in [2.24, 2.45) is 0 Å². The molecular formula is C16H11ClN2O4. The predicted molar refractivity (Wildman–Crippen MR) is 82.7 cm³/mol. The van der Waals surface area contributed by atoms with Crippen molar-refractivity contribution in [1.82, 2.24) is 5.48 Å². The molecule has 7 heteroatoms. The van der Waals surface area contributed by atoms with Crippen LogP contribution in [0.25, 0.3) is 0 Å². The van der Waals surface area contributed by atoms with Gasteiger partial charge in [-0.1, -0.05) is 23.7 Å². The lowest BCUT2D eigenvalue weighted by Gasteiger charge is -2.17. The summed E-state index contributed by atoms with van der Waals surface area (Å²) in [6, 6.07) is 11.1. The molecule has 1 heterocycles. The summed E-state index contributed by atoms with van der Waals surface area (Å²) in [5.74, 6) is -1.89.